The van der Waals surface area contributed by atoms with E-state index in [0.717, 1.165) is 0 Å². The van der Waals surface area contributed by atoms with Gasteiger partial charge in [0.1, 0.15) is 79.0 Å². The van der Waals surface area contributed by atoms with Gasteiger partial charge in [-0.25, -0.2) is 0 Å². The summed E-state index contributed by atoms with van der Waals surface area (Å²) in [5, 5.41) is 28.4. The largest absolute Gasteiger partial charge is 0.494 e. The van der Waals surface area contributed by atoms with Crippen LogP contribution in [0, 0.1) is 32.5 Å². The van der Waals surface area contributed by atoms with Crippen molar-refractivity contribution in [3.05, 3.63) is 23.3 Å². The van der Waals surface area contributed by atoms with Gasteiger partial charge in [-0.2, -0.15) is 0 Å². The van der Waals surface area contributed by atoms with Gasteiger partial charge >= 0.3 is 35.8 Å². The Morgan fingerprint density at radius 1 is 0.576 bits per heavy atom. The van der Waals surface area contributed by atoms with Crippen molar-refractivity contribution in [1.82, 2.24) is 4.57 Å². The minimum absolute atomic E-state index is 0.0171. The first-order valence-electron chi connectivity index (χ1n) is 21.4. The van der Waals surface area contributed by atoms with E-state index in [-0.39, 0.29) is 44.0 Å². The van der Waals surface area contributed by atoms with E-state index in [0.29, 0.717) is 11.1 Å². The van der Waals surface area contributed by atoms with Gasteiger partial charge < -0.3 is 52.8 Å². The Hall–Kier alpha value is -4.63. The summed E-state index contributed by atoms with van der Waals surface area (Å²) in [7, 11) is 5.89. The summed E-state index contributed by atoms with van der Waals surface area (Å²) in [5.74, 6) is -5.82. The first-order chi connectivity index (χ1) is 30.1. The predicted octanol–water partition coefficient (Wildman–Crippen LogP) is 5.50. The van der Waals surface area contributed by atoms with Crippen molar-refractivity contribution in [3.8, 4) is 11.8 Å². The number of halogens is 1. The summed E-state index contributed by atoms with van der Waals surface area (Å²) >= 11 is 3.23. The minimum Gasteiger partial charge on any atom is -0.494 e. The molecule has 2 radical (unpaired) electrons. The smallest absolute Gasteiger partial charge is 0.322 e. The highest BCUT2D eigenvalue weighted by atomic mass is 79.9. The van der Waals surface area contributed by atoms with Crippen LogP contribution in [0.4, 0.5) is 0 Å². The average Bonchev–Trinajstić information content (AvgIpc) is 3.91. The molecule has 1 aromatic heterocycles. The van der Waals surface area contributed by atoms with Crippen molar-refractivity contribution >= 4 is 65.5 Å². The van der Waals surface area contributed by atoms with E-state index < -0.39 is 124 Å². The highest BCUT2D eigenvalue weighted by molar-refractivity contribution is 9.10. The average molecular weight is 998 g/mol. The maximum Gasteiger partial charge on any atom is 0.322 e. The van der Waals surface area contributed by atoms with Crippen molar-refractivity contribution in [2.75, 3.05) is 59.5 Å². The molecule has 0 spiro atoms. The van der Waals surface area contributed by atoms with Gasteiger partial charge in [0.2, 0.25) is 11.8 Å². The maximum atomic E-state index is 14.0. The Morgan fingerprint density at radius 3 is 1.35 bits per heavy atom. The Balaban J connectivity index is 1.83. The number of carbonyl (C=O) groups excluding carboxylic acids is 6. The van der Waals surface area contributed by atoms with Crippen LogP contribution in [-0.4, -0.2) is 128 Å². The van der Waals surface area contributed by atoms with E-state index in [1.807, 2.05) is 0 Å². The van der Waals surface area contributed by atoms with Gasteiger partial charge in [0.15, 0.2) is 5.90 Å². The molecule has 0 saturated heterocycles. The number of hydrogen-bond acceptors (Lipinski definition) is 18. The van der Waals surface area contributed by atoms with Crippen molar-refractivity contribution in [2.45, 2.75) is 118 Å². The second kappa shape index (κ2) is 21.1. The highest BCUT2D eigenvalue weighted by Gasteiger charge is 2.47. The van der Waals surface area contributed by atoms with Crippen LogP contribution in [0.15, 0.2) is 12.2 Å². The van der Waals surface area contributed by atoms with E-state index in [2.05, 4.69) is 15.9 Å². The molecule has 0 aliphatic carbocycles. The van der Waals surface area contributed by atoms with E-state index >= 15 is 0 Å². The van der Waals surface area contributed by atoms with Crippen LogP contribution in [-0.2, 0) is 77.9 Å². The zero-order chi connectivity index (χ0) is 50.4. The normalized spacial score (nSPS) is 18.5. The second-order valence-corrected chi connectivity index (χ2v) is 22.6. The number of fused-ring (bicyclic) bond motifs is 5. The monoisotopic (exact) mass is 996 g/mol. The number of carbonyl (C=O) groups is 6. The molecule has 3 heterocycles. The SMILES string of the molecule is [B]C(C)(C)C(=O)OCC(C)(COC(=O)C(C)(C)C)C(=O)OCC(C)(COC(=O)C(C)(COC(=N)C(C)(C)C)COC(=O)C(C)(C)Br)C(=O)OCCOCCn1c(O)c2c(c1O)C1C=CC2O1. The van der Waals surface area contributed by atoms with Crippen LogP contribution < -0.4 is 0 Å². The van der Waals surface area contributed by atoms with Crippen LogP contribution in [0.25, 0.3) is 0 Å². The summed E-state index contributed by atoms with van der Waals surface area (Å²) in [6.07, 6.45) is 2.66. The van der Waals surface area contributed by atoms with Gasteiger partial charge in [-0.1, -0.05) is 62.7 Å². The molecular weight excluding hydrogens is 931 g/mol. The molecule has 0 saturated carbocycles. The molecule has 0 aromatic carbocycles. The fourth-order valence-corrected chi connectivity index (χ4v) is 5.90. The third kappa shape index (κ3) is 14.2. The lowest BCUT2D eigenvalue weighted by atomic mass is 9.73. The third-order valence-electron chi connectivity index (χ3n) is 10.5. The lowest BCUT2D eigenvalue weighted by Crippen LogP contribution is -2.47. The molecule has 21 heteroatoms. The first kappa shape index (κ1) is 55.7. The number of ether oxygens (including phenoxy) is 9. The Labute approximate surface area is 395 Å². The summed E-state index contributed by atoms with van der Waals surface area (Å²) in [5.41, 5.74) is -6.24. The van der Waals surface area contributed by atoms with Crippen molar-refractivity contribution in [1.29, 1.82) is 5.41 Å². The van der Waals surface area contributed by atoms with Gasteiger partial charge in [0.05, 0.1) is 44.1 Å². The maximum absolute atomic E-state index is 14.0. The third-order valence-corrected chi connectivity index (χ3v) is 10.8. The number of esters is 6. The van der Waals surface area contributed by atoms with Gasteiger partial charge in [0.25, 0.3) is 0 Å². The fourth-order valence-electron chi connectivity index (χ4n) is 5.78. The van der Waals surface area contributed by atoms with Gasteiger partial charge in [-0.05, 0) is 55.4 Å². The number of rotatable bonds is 23. The van der Waals surface area contributed by atoms with Gasteiger partial charge in [0, 0.05) is 10.7 Å². The quantitative estimate of drug-likeness (QED) is 0.0179. The van der Waals surface area contributed by atoms with Gasteiger partial charge in [-0.3, -0.25) is 38.7 Å². The van der Waals surface area contributed by atoms with Crippen LogP contribution >= 0.6 is 15.9 Å². The van der Waals surface area contributed by atoms with E-state index in [9.17, 15) is 39.0 Å². The lowest BCUT2D eigenvalue weighted by Gasteiger charge is -2.33. The molecule has 368 valence electrons. The molecule has 1 aromatic rings. The van der Waals surface area contributed by atoms with Crippen molar-refractivity contribution in [2.24, 2.45) is 27.1 Å². The van der Waals surface area contributed by atoms with Crippen LogP contribution in [0.2, 0.25) is 5.31 Å². The summed E-state index contributed by atoms with van der Waals surface area (Å²) in [4.78, 5) is 80.0. The van der Waals surface area contributed by atoms with E-state index in [4.69, 9.17) is 55.9 Å². The summed E-state index contributed by atoms with van der Waals surface area (Å²) < 4.78 is 50.3. The molecule has 66 heavy (non-hydrogen) atoms. The van der Waals surface area contributed by atoms with Crippen molar-refractivity contribution in [3.63, 3.8) is 0 Å². The molecule has 2 bridgehead atoms. The Kier molecular flexibility index (Phi) is 17.8. The number of nitrogens with zero attached hydrogens (tertiary/aromatic N) is 1. The summed E-state index contributed by atoms with van der Waals surface area (Å²) in [6.45, 7) is 15.5. The molecule has 0 fully saturated rings. The van der Waals surface area contributed by atoms with Crippen LogP contribution in [0.1, 0.15) is 113 Å². The van der Waals surface area contributed by atoms with Gasteiger partial charge in [-0.15, -0.1) is 0 Å². The molecule has 3 N–H and O–H groups in total. The fraction of sp³-hybridized carbons (Fsp3) is 0.711. The topological polar surface area (TPSA) is 255 Å². The number of hydrogen-bond donors (Lipinski definition) is 3. The summed E-state index contributed by atoms with van der Waals surface area (Å²) in [6, 6.07) is 0. The Bertz CT molecular complexity index is 1840. The number of aromatic hydroxyl groups is 2. The zero-order valence-electron chi connectivity index (χ0n) is 40.3. The van der Waals surface area contributed by atoms with Crippen LogP contribution in [0.3, 0.4) is 0 Å². The zero-order valence-corrected chi connectivity index (χ0v) is 41.9. The molecule has 5 unspecified atom stereocenters. The number of nitrogens with one attached hydrogen (secondary N) is 1. The first-order valence-corrected chi connectivity index (χ1v) is 22.2. The van der Waals surface area contributed by atoms with Crippen molar-refractivity contribution < 1.29 is 81.6 Å². The second-order valence-electron chi connectivity index (χ2n) is 20.6. The molecule has 0 amide bonds. The minimum atomic E-state index is -1.95. The highest BCUT2D eigenvalue weighted by Crippen LogP contribution is 2.54. The molecule has 3 rings (SSSR count). The van der Waals surface area contributed by atoms with E-state index in [1.165, 1.54) is 39.2 Å². The standard InChI is InChI=1S/C45H66BBrN2O17/c1-39(2,3)32(48)60-20-43(11,23-63-35(54)42(9,10)47)37(56)64-24-44(12,25-65-38(57)45(13,21-61-33(52)40(4,5)6)22-62-34(53)41(7,8)46)36(55)59-19-18-58-17-16-49-30(50)28-26-14-15-27(66-26)29(28)31(49)51/h14-15,26-27,48,50-51H,16-25H2,1-13H3. The predicted molar refractivity (Wildman–Crippen MR) is 240 cm³/mol. The number of alkyl halides is 1. The lowest BCUT2D eigenvalue weighted by molar-refractivity contribution is -0.182. The van der Waals surface area contributed by atoms with Crippen LogP contribution in [0.5, 0.6) is 11.8 Å². The molecule has 2 aliphatic heterocycles. The van der Waals surface area contributed by atoms with E-state index in [1.54, 1.807) is 67.5 Å². The number of aromatic nitrogens is 1. The molecule has 2 aliphatic rings. The molecule has 19 nitrogen and oxygen atoms in total. The Morgan fingerprint density at radius 2 is 0.955 bits per heavy atom. The molecular formula is C45H66BBrN2O17. The molecule has 5 atom stereocenters.